The molecule has 1 heterocycles. The van der Waals surface area contributed by atoms with Gasteiger partial charge in [-0.3, -0.25) is 9.59 Å². The third-order valence-corrected chi connectivity index (χ3v) is 6.28. The molecule has 5 nitrogen and oxygen atoms in total. The van der Waals surface area contributed by atoms with E-state index in [0.717, 1.165) is 37.9 Å². The Morgan fingerprint density at radius 1 is 0.967 bits per heavy atom. The Kier molecular flexibility index (Phi) is 6.67. The predicted octanol–water partition coefficient (Wildman–Crippen LogP) is 4.05. The fourth-order valence-electron chi connectivity index (χ4n) is 4.82. The first-order valence-corrected chi connectivity index (χ1v) is 11.1. The molecule has 0 bridgehead atoms. The molecule has 1 saturated heterocycles. The van der Waals surface area contributed by atoms with Gasteiger partial charge in [0.05, 0.1) is 6.61 Å². The maximum atomic E-state index is 13.3. The number of para-hydroxylation sites is 1. The number of nitrogens with one attached hydrogen (secondary N) is 1. The van der Waals surface area contributed by atoms with Crippen LogP contribution in [0, 0.1) is 5.92 Å². The summed E-state index contributed by atoms with van der Waals surface area (Å²) in [5.74, 6) is 1.22. The van der Waals surface area contributed by atoms with Crippen molar-refractivity contribution in [2.24, 2.45) is 5.92 Å². The zero-order valence-corrected chi connectivity index (χ0v) is 17.3. The first-order valence-electron chi connectivity index (χ1n) is 11.1. The number of rotatable bonds is 7. The molecule has 5 heteroatoms. The third-order valence-electron chi connectivity index (χ3n) is 6.28. The minimum atomic E-state index is -0.374. The summed E-state index contributed by atoms with van der Waals surface area (Å²) in [6.07, 6.45) is 5.93. The molecule has 158 valence electrons. The minimum Gasteiger partial charge on any atom is -0.494 e. The highest BCUT2D eigenvalue weighted by atomic mass is 16.5. The van der Waals surface area contributed by atoms with Crippen molar-refractivity contribution in [3.63, 3.8) is 0 Å². The number of amides is 2. The van der Waals surface area contributed by atoms with Crippen molar-refractivity contribution in [2.45, 2.75) is 50.6 Å². The molecule has 1 aliphatic carbocycles. The molecule has 0 radical (unpaired) electrons. The van der Waals surface area contributed by atoms with Crippen LogP contribution in [-0.4, -0.2) is 41.9 Å². The van der Waals surface area contributed by atoms with Crippen LogP contribution in [0.25, 0.3) is 0 Å². The largest absolute Gasteiger partial charge is 0.494 e. The number of fused-ring (bicyclic) bond motifs is 1. The van der Waals surface area contributed by atoms with Crippen molar-refractivity contribution >= 4 is 11.8 Å². The van der Waals surface area contributed by atoms with Gasteiger partial charge < -0.3 is 15.0 Å². The quantitative estimate of drug-likeness (QED) is 0.706. The Morgan fingerprint density at radius 2 is 1.67 bits per heavy atom. The average Bonchev–Trinajstić information content (AvgIpc) is 3.19. The third kappa shape index (κ3) is 4.66. The lowest BCUT2D eigenvalue weighted by Crippen LogP contribution is -2.49. The Balaban J connectivity index is 1.35. The number of nitrogens with zero attached hydrogens (tertiary/aromatic N) is 1. The van der Waals surface area contributed by atoms with Gasteiger partial charge in [-0.15, -0.1) is 0 Å². The van der Waals surface area contributed by atoms with E-state index in [2.05, 4.69) is 5.32 Å². The SMILES string of the molecule is O=C(NCCCOc1ccccc1)C1CC2CCCCC2N1C(=O)c1ccccc1. The van der Waals surface area contributed by atoms with E-state index >= 15 is 0 Å². The van der Waals surface area contributed by atoms with Gasteiger partial charge in [-0.1, -0.05) is 49.2 Å². The van der Waals surface area contributed by atoms with Gasteiger partial charge >= 0.3 is 0 Å². The van der Waals surface area contributed by atoms with E-state index in [4.69, 9.17) is 4.74 Å². The van der Waals surface area contributed by atoms with Crippen LogP contribution in [-0.2, 0) is 4.79 Å². The summed E-state index contributed by atoms with van der Waals surface area (Å²) < 4.78 is 5.69. The second-order valence-corrected chi connectivity index (χ2v) is 8.25. The molecule has 3 atom stereocenters. The van der Waals surface area contributed by atoms with Crippen molar-refractivity contribution < 1.29 is 14.3 Å². The predicted molar refractivity (Wildman–Crippen MR) is 116 cm³/mol. The molecule has 2 aliphatic rings. The number of ether oxygens (including phenoxy) is 1. The molecule has 2 aromatic rings. The molecule has 4 rings (SSSR count). The van der Waals surface area contributed by atoms with Gasteiger partial charge in [0, 0.05) is 18.2 Å². The van der Waals surface area contributed by atoms with Crippen LogP contribution >= 0.6 is 0 Å². The maximum absolute atomic E-state index is 13.3. The fraction of sp³-hybridized carbons (Fsp3) is 0.440. The summed E-state index contributed by atoms with van der Waals surface area (Å²) in [6.45, 7) is 1.09. The van der Waals surface area contributed by atoms with E-state index in [9.17, 15) is 9.59 Å². The normalized spacial score (nSPS) is 22.9. The summed E-state index contributed by atoms with van der Waals surface area (Å²) >= 11 is 0. The smallest absolute Gasteiger partial charge is 0.254 e. The van der Waals surface area contributed by atoms with Crippen LogP contribution < -0.4 is 10.1 Å². The molecular weight excluding hydrogens is 376 g/mol. The standard InChI is InChI=1S/C25H30N2O3/c28-24(26-16-9-17-30-21-13-5-2-6-14-21)23-18-20-12-7-8-15-22(20)27(23)25(29)19-10-3-1-4-11-19/h1-6,10-11,13-14,20,22-23H,7-9,12,15-18H2,(H,26,28). The Labute approximate surface area is 178 Å². The summed E-state index contributed by atoms with van der Waals surface area (Å²) in [5.41, 5.74) is 0.665. The molecule has 0 spiro atoms. The maximum Gasteiger partial charge on any atom is 0.254 e. The van der Waals surface area contributed by atoms with E-state index in [0.29, 0.717) is 24.6 Å². The highest BCUT2D eigenvalue weighted by Crippen LogP contribution is 2.40. The molecule has 30 heavy (non-hydrogen) atoms. The van der Waals surface area contributed by atoms with Gasteiger partial charge in [-0.05, 0) is 55.9 Å². The zero-order chi connectivity index (χ0) is 20.8. The lowest BCUT2D eigenvalue weighted by Gasteiger charge is -2.33. The lowest BCUT2D eigenvalue weighted by atomic mass is 9.84. The second-order valence-electron chi connectivity index (χ2n) is 8.25. The molecule has 3 unspecified atom stereocenters. The van der Waals surface area contributed by atoms with Crippen molar-refractivity contribution in [2.75, 3.05) is 13.2 Å². The molecule has 2 fully saturated rings. The van der Waals surface area contributed by atoms with Crippen molar-refractivity contribution in [1.29, 1.82) is 0 Å². The summed E-state index contributed by atoms with van der Waals surface area (Å²) in [6, 6.07) is 18.8. The Morgan fingerprint density at radius 3 is 2.43 bits per heavy atom. The van der Waals surface area contributed by atoms with Crippen molar-refractivity contribution in [3.05, 3.63) is 66.2 Å². The van der Waals surface area contributed by atoms with Gasteiger partial charge in [-0.25, -0.2) is 0 Å². The zero-order valence-electron chi connectivity index (χ0n) is 17.3. The Bertz CT molecular complexity index is 840. The van der Waals surface area contributed by atoms with Gasteiger partial charge in [0.15, 0.2) is 0 Å². The number of hydrogen-bond donors (Lipinski definition) is 1. The monoisotopic (exact) mass is 406 g/mol. The van der Waals surface area contributed by atoms with E-state index in [1.165, 1.54) is 6.42 Å². The molecule has 0 aromatic heterocycles. The topological polar surface area (TPSA) is 58.6 Å². The summed E-state index contributed by atoms with van der Waals surface area (Å²) in [4.78, 5) is 28.2. The number of likely N-dealkylation sites (tertiary alicyclic amines) is 1. The fourth-order valence-corrected chi connectivity index (χ4v) is 4.82. The van der Waals surface area contributed by atoms with Gasteiger partial charge in [0.2, 0.25) is 5.91 Å². The van der Waals surface area contributed by atoms with Gasteiger partial charge in [-0.2, -0.15) is 0 Å². The van der Waals surface area contributed by atoms with Crippen LogP contribution in [0.2, 0.25) is 0 Å². The molecule has 2 aromatic carbocycles. The van der Waals surface area contributed by atoms with E-state index < -0.39 is 0 Å². The van der Waals surface area contributed by atoms with E-state index in [-0.39, 0.29) is 23.9 Å². The van der Waals surface area contributed by atoms with Crippen molar-refractivity contribution in [1.82, 2.24) is 10.2 Å². The summed E-state index contributed by atoms with van der Waals surface area (Å²) in [7, 11) is 0. The highest BCUT2D eigenvalue weighted by Gasteiger charge is 2.47. The first-order chi connectivity index (χ1) is 14.7. The highest BCUT2D eigenvalue weighted by molar-refractivity contribution is 5.98. The molecule has 1 saturated carbocycles. The van der Waals surface area contributed by atoms with Crippen LogP contribution in [0.3, 0.4) is 0 Å². The number of hydrogen-bond acceptors (Lipinski definition) is 3. The second kappa shape index (κ2) is 9.79. The average molecular weight is 407 g/mol. The van der Waals surface area contributed by atoms with Crippen LogP contribution in [0.5, 0.6) is 5.75 Å². The van der Waals surface area contributed by atoms with E-state index in [1.807, 2.05) is 65.6 Å². The molecule has 1 N–H and O–H groups in total. The lowest BCUT2D eigenvalue weighted by molar-refractivity contribution is -0.125. The minimum absolute atomic E-state index is 0.0161. The molecule has 1 aliphatic heterocycles. The van der Waals surface area contributed by atoms with E-state index in [1.54, 1.807) is 0 Å². The molecule has 2 amide bonds. The number of carbonyl (C=O) groups is 2. The molecular formula is C25H30N2O3. The van der Waals surface area contributed by atoms with Crippen LogP contribution in [0.15, 0.2) is 60.7 Å². The first kappa shape index (κ1) is 20.5. The van der Waals surface area contributed by atoms with Gasteiger partial charge in [0.25, 0.3) is 5.91 Å². The summed E-state index contributed by atoms with van der Waals surface area (Å²) in [5, 5.41) is 3.04. The van der Waals surface area contributed by atoms with Crippen molar-refractivity contribution in [3.8, 4) is 5.75 Å². The van der Waals surface area contributed by atoms with Gasteiger partial charge in [0.1, 0.15) is 11.8 Å². The Hall–Kier alpha value is -2.82. The van der Waals surface area contributed by atoms with Crippen LogP contribution in [0.1, 0.15) is 48.9 Å². The number of benzene rings is 2. The van der Waals surface area contributed by atoms with Crippen LogP contribution in [0.4, 0.5) is 0 Å². The number of carbonyl (C=O) groups excluding carboxylic acids is 2.